The fraction of sp³-hybridized carbons (Fsp3) is 1.00. The zero-order chi connectivity index (χ0) is 26.3. The van der Waals surface area contributed by atoms with Crippen LogP contribution in [0.15, 0.2) is 0 Å². The van der Waals surface area contributed by atoms with Crippen LogP contribution in [-0.2, 0) is 26.6 Å². The molecule has 0 saturated heterocycles. The van der Waals surface area contributed by atoms with E-state index >= 15 is 0 Å². The van der Waals surface area contributed by atoms with Crippen LogP contribution in [0.4, 0.5) is 0 Å². The van der Waals surface area contributed by atoms with Crippen LogP contribution in [0.25, 0.3) is 0 Å². The predicted molar refractivity (Wildman–Crippen MR) is 151 cm³/mol. The van der Waals surface area contributed by atoms with Gasteiger partial charge in [-0.2, -0.15) is 0 Å². The van der Waals surface area contributed by atoms with Crippen molar-refractivity contribution in [3.8, 4) is 0 Å². The van der Waals surface area contributed by atoms with Gasteiger partial charge < -0.3 is 26.6 Å². The Bertz CT molecular complexity index is 407. The van der Waals surface area contributed by atoms with E-state index < -0.39 is 17.6 Å². The highest BCUT2D eigenvalue weighted by molar-refractivity contribution is 6.62. The summed E-state index contributed by atoms with van der Waals surface area (Å²) in [6, 6.07) is 0.840. The minimum atomic E-state index is -2.82. The van der Waals surface area contributed by atoms with E-state index in [1.165, 1.54) is 0 Å². The quantitative estimate of drug-likeness (QED) is 0.0779. The molecule has 0 N–H and O–H groups in total. The molecule has 35 heavy (non-hydrogen) atoms. The van der Waals surface area contributed by atoms with Gasteiger partial charge in [-0.1, -0.05) is 67.7 Å². The van der Waals surface area contributed by atoms with Gasteiger partial charge in [0.2, 0.25) is 0 Å². The van der Waals surface area contributed by atoms with Crippen LogP contribution in [-0.4, -0.2) is 57.3 Å². The third-order valence-electron chi connectivity index (χ3n) is 6.01. The Morgan fingerprint density at radius 3 is 1.17 bits per heavy atom. The second-order valence-corrected chi connectivity index (χ2v) is 15.1. The molecule has 0 saturated carbocycles. The molecule has 0 rings (SSSR count). The van der Waals surface area contributed by atoms with Crippen molar-refractivity contribution >= 4 is 17.6 Å². The Hall–Kier alpha value is 0.194. The van der Waals surface area contributed by atoms with E-state index in [1.54, 1.807) is 0 Å². The van der Waals surface area contributed by atoms with Gasteiger partial charge in [-0.3, -0.25) is 0 Å². The van der Waals surface area contributed by atoms with Gasteiger partial charge in [0.1, 0.15) is 0 Å². The van der Waals surface area contributed by atoms with Crippen molar-refractivity contribution in [1.82, 2.24) is 0 Å². The van der Waals surface area contributed by atoms with Gasteiger partial charge >= 0.3 is 17.6 Å². The summed E-state index contributed by atoms with van der Waals surface area (Å²) in [6.45, 7) is 19.5. The summed E-state index contributed by atoms with van der Waals surface area (Å²) < 4.78 is 38.8. The summed E-state index contributed by atoms with van der Waals surface area (Å²) in [5, 5.41) is 0. The van der Waals surface area contributed by atoms with E-state index in [1.807, 2.05) is 0 Å². The maximum absolute atomic E-state index is 6.61. The SMILES string of the molecule is CCCCO[Si](OCCCC)(OCCCC)C(CC)CCC[Si](OCCC)(OCCC)OCCC. The molecule has 8 heteroatoms. The van der Waals surface area contributed by atoms with Crippen molar-refractivity contribution in [2.45, 2.75) is 137 Å². The normalized spacial score (nSPS) is 13.5. The first-order valence-electron chi connectivity index (χ1n) is 14.9. The Balaban J connectivity index is 5.60. The van der Waals surface area contributed by atoms with Gasteiger partial charge in [0.25, 0.3) is 0 Å². The Morgan fingerprint density at radius 2 is 0.857 bits per heavy atom. The second-order valence-electron chi connectivity index (χ2n) is 9.44. The lowest BCUT2D eigenvalue weighted by Crippen LogP contribution is -2.51. The zero-order valence-corrected chi connectivity index (χ0v) is 26.5. The minimum Gasteiger partial charge on any atom is -0.373 e. The van der Waals surface area contributed by atoms with Crippen molar-refractivity contribution in [3.05, 3.63) is 0 Å². The molecule has 6 nitrogen and oxygen atoms in total. The molecule has 1 unspecified atom stereocenters. The zero-order valence-electron chi connectivity index (χ0n) is 24.5. The molecular formula is C27H60O6Si2. The average Bonchev–Trinajstić information content (AvgIpc) is 2.87. The summed E-state index contributed by atoms with van der Waals surface area (Å²) in [7, 11) is -5.51. The topological polar surface area (TPSA) is 55.4 Å². The van der Waals surface area contributed by atoms with Crippen LogP contribution >= 0.6 is 0 Å². The van der Waals surface area contributed by atoms with Crippen molar-refractivity contribution in [3.63, 3.8) is 0 Å². The molecule has 0 aliphatic heterocycles. The molecular weight excluding hydrogens is 476 g/mol. The maximum atomic E-state index is 6.61. The van der Waals surface area contributed by atoms with Crippen LogP contribution < -0.4 is 0 Å². The summed E-state index contributed by atoms with van der Waals surface area (Å²) >= 11 is 0. The van der Waals surface area contributed by atoms with Crippen LogP contribution in [0.2, 0.25) is 11.6 Å². The fourth-order valence-corrected chi connectivity index (χ4v) is 10.0. The lowest BCUT2D eigenvalue weighted by atomic mass is 10.2. The monoisotopic (exact) mass is 536 g/mol. The van der Waals surface area contributed by atoms with E-state index in [0.717, 1.165) is 103 Å². The first-order chi connectivity index (χ1) is 17.0. The highest BCUT2D eigenvalue weighted by Crippen LogP contribution is 2.36. The molecule has 212 valence electrons. The van der Waals surface area contributed by atoms with Crippen molar-refractivity contribution in [2.75, 3.05) is 39.6 Å². The van der Waals surface area contributed by atoms with Crippen molar-refractivity contribution in [1.29, 1.82) is 0 Å². The predicted octanol–water partition coefficient (Wildman–Crippen LogP) is 8.15. The molecule has 0 heterocycles. The molecule has 1 atom stereocenters. The number of unbranched alkanes of at least 4 members (excludes halogenated alkanes) is 3. The van der Waals surface area contributed by atoms with E-state index in [2.05, 4.69) is 48.5 Å². The van der Waals surface area contributed by atoms with E-state index in [4.69, 9.17) is 26.6 Å². The summed E-state index contributed by atoms with van der Waals surface area (Å²) in [5.41, 5.74) is 0.281. The lowest BCUT2D eigenvalue weighted by Gasteiger charge is -2.36. The summed E-state index contributed by atoms with van der Waals surface area (Å²) in [6.07, 6.45) is 12.3. The molecule has 0 aromatic rings. The molecule has 0 aliphatic rings. The molecule has 0 spiro atoms. The third kappa shape index (κ3) is 15.3. The Labute approximate surface area is 220 Å². The average molecular weight is 537 g/mol. The van der Waals surface area contributed by atoms with Crippen LogP contribution in [0.5, 0.6) is 0 Å². The van der Waals surface area contributed by atoms with Crippen LogP contribution in [0.1, 0.15) is 126 Å². The van der Waals surface area contributed by atoms with Crippen molar-refractivity contribution < 1.29 is 26.6 Å². The van der Waals surface area contributed by atoms with E-state index in [9.17, 15) is 0 Å². The van der Waals surface area contributed by atoms with E-state index in [-0.39, 0.29) is 5.54 Å². The number of hydrogen-bond donors (Lipinski definition) is 0. The smallest absolute Gasteiger partial charge is 0.373 e. The van der Waals surface area contributed by atoms with Gasteiger partial charge in [0, 0.05) is 51.2 Å². The largest absolute Gasteiger partial charge is 0.504 e. The van der Waals surface area contributed by atoms with Crippen molar-refractivity contribution in [2.24, 2.45) is 0 Å². The molecule has 0 aliphatic carbocycles. The highest BCUT2D eigenvalue weighted by Gasteiger charge is 2.49. The minimum absolute atomic E-state index is 0.281. The molecule has 0 amide bonds. The lowest BCUT2D eigenvalue weighted by molar-refractivity contribution is 0.0433. The first-order valence-corrected chi connectivity index (χ1v) is 18.6. The molecule has 0 aromatic carbocycles. The molecule has 0 aromatic heterocycles. The molecule has 0 fully saturated rings. The maximum Gasteiger partial charge on any atom is 0.504 e. The standard InChI is InChI=1S/C27H60O6Si2/c1-8-15-23-31-35(32-24-16-9-2,33-25-17-10-3)27(14-7)19-18-26-34(28-20-11-4,29-21-12-5)30-22-13-6/h27H,8-26H2,1-7H3. The first kappa shape index (κ1) is 35.2. The Morgan fingerprint density at radius 1 is 0.457 bits per heavy atom. The van der Waals surface area contributed by atoms with Gasteiger partial charge in [-0.15, -0.1) is 0 Å². The van der Waals surface area contributed by atoms with Gasteiger partial charge in [-0.05, 0) is 57.8 Å². The number of rotatable bonds is 27. The fourth-order valence-electron chi connectivity index (χ4n) is 3.86. The van der Waals surface area contributed by atoms with Gasteiger partial charge in [0.15, 0.2) is 0 Å². The second kappa shape index (κ2) is 23.3. The van der Waals surface area contributed by atoms with Gasteiger partial charge in [-0.25, -0.2) is 0 Å². The summed E-state index contributed by atoms with van der Waals surface area (Å²) in [5.74, 6) is 0. The summed E-state index contributed by atoms with van der Waals surface area (Å²) in [4.78, 5) is 0. The van der Waals surface area contributed by atoms with Gasteiger partial charge in [0.05, 0.1) is 0 Å². The van der Waals surface area contributed by atoms with Crippen LogP contribution in [0, 0.1) is 0 Å². The Kier molecular flexibility index (Phi) is 23.4. The highest BCUT2D eigenvalue weighted by atomic mass is 28.4. The van der Waals surface area contributed by atoms with E-state index in [0.29, 0.717) is 19.8 Å². The third-order valence-corrected chi connectivity index (χ3v) is 12.4. The molecule has 0 bridgehead atoms. The van der Waals surface area contributed by atoms with Crippen LogP contribution in [0.3, 0.4) is 0 Å². The molecule has 0 radical (unpaired) electrons. The number of hydrogen-bond acceptors (Lipinski definition) is 6.